The number of carbonyl (C=O) groups is 1. The minimum Gasteiger partial charge on any atom is -0.432 e. The van der Waals surface area contributed by atoms with Crippen LogP contribution in [-0.2, 0) is 9.47 Å². The van der Waals surface area contributed by atoms with E-state index in [1.54, 1.807) is 27.1 Å². The van der Waals surface area contributed by atoms with Crippen molar-refractivity contribution in [3.05, 3.63) is 29.3 Å². The van der Waals surface area contributed by atoms with Crippen LogP contribution in [0.1, 0.15) is 45.7 Å². The van der Waals surface area contributed by atoms with E-state index >= 15 is 0 Å². The molecule has 0 radical (unpaired) electrons. The van der Waals surface area contributed by atoms with Crippen molar-refractivity contribution < 1.29 is 14.3 Å². The van der Waals surface area contributed by atoms with Crippen molar-refractivity contribution in [2.45, 2.75) is 60.0 Å². The largest absolute Gasteiger partial charge is 0.509 e. The Bertz CT molecular complexity index is 616. The van der Waals surface area contributed by atoms with E-state index in [0.29, 0.717) is 5.92 Å². The van der Waals surface area contributed by atoms with Gasteiger partial charge < -0.3 is 9.47 Å². The fraction of sp³-hybridized carbons (Fsp3) is 0.550. The summed E-state index contributed by atoms with van der Waals surface area (Å²) in [6.45, 7) is 13.6. The van der Waals surface area contributed by atoms with Gasteiger partial charge in [-0.2, -0.15) is 5.10 Å². The molecule has 6 nitrogen and oxygen atoms in total. The lowest BCUT2D eigenvalue weighted by atomic mass is 10.1. The number of rotatable bonds is 7. The molecule has 1 aromatic rings. The molecule has 1 aromatic carbocycles. The predicted octanol–water partition coefficient (Wildman–Crippen LogP) is 5.45. The minimum atomic E-state index is -0.596. The highest BCUT2D eigenvalue weighted by atomic mass is 32.2. The number of aliphatic imine (C=N–C) groups is 1. The predicted molar refractivity (Wildman–Crippen MR) is 116 cm³/mol. The third-order valence-corrected chi connectivity index (χ3v) is 3.76. The number of hydrogen-bond donors (Lipinski definition) is 1. The molecule has 0 fully saturated rings. The van der Waals surface area contributed by atoms with E-state index in [0.717, 1.165) is 11.3 Å². The van der Waals surface area contributed by atoms with Gasteiger partial charge in [0.25, 0.3) is 0 Å². The Morgan fingerprint density at radius 1 is 1.15 bits per heavy atom. The van der Waals surface area contributed by atoms with Crippen LogP contribution >= 0.6 is 11.8 Å². The molecule has 0 spiro atoms. The van der Waals surface area contributed by atoms with Crippen molar-refractivity contribution >= 4 is 36.2 Å². The van der Waals surface area contributed by atoms with Gasteiger partial charge >= 0.3 is 6.16 Å². The van der Waals surface area contributed by atoms with Crippen molar-refractivity contribution in [2.75, 3.05) is 6.26 Å². The first-order chi connectivity index (χ1) is 12.6. The van der Waals surface area contributed by atoms with E-state index in [1.165, 1.54) is 17.3 Å². The molecule has 1 unspecified atom stereocenters. The van der Waals surface area contributed by atoms with Crippen molar-refractivity contribution in [3.63, 3.8) is 0 Å². The highest BCUT2D eigenvalue weighted by molar-refractivity contribution is 7.99. The normalized spacial score (nSPS) is 12.2. The van der Waals surface area contributed by atoms with E-state index in [9.17, 15) is 4.79 Å². The number of aryl methyl sites for hydroxylation is 2. The highest BCUT2D eigenvalue weighted by Gasteiger charge is 2.10. The molecular formula is C20H33N3O3S. The van der Waals surface area contributed by atoms with Gasteiger partial charge in [0.15, 0.2) is 0 Å². The molecule has 0 aliphatic carbocycles. The maximum absolute atomic E-state index is 10.8. The Kier molecular flexibility index (Phi) is 13.0. The summed E-state index contributed by atoms with van der Waals surface area (Å²) in [4.78, 5) is 15.1. The maximum Gasteiger partial charge on any atom is 0.509 e. The summed E-state index contributed by atoms with van der Waals surface area (Å²) in [5, 5.41) is 4.01. The average molecular weight is 396 g/mol. The smallest absolute Gasteiger partial charge is 0.432 e. The molecule has 0 aliphatic rings. The van der Waals surface area contributed by atoms with Gasteiger partial charge in [-0.3, -0.25) is 5.43 Å². The van der Waals surface area contributed by atoms with Crippen molar-refractivity contribution in [1.29, 1.82) is 0 Å². The summed E-state index contributed by atoms with van der Waals surface area (Å²) >= 11 is 1.46. The van der Waals surface area contributed by atoms with Crippen molar-refractivity contribution in [1.82, 2.24) is 5.43 Å². The summed E-state index contributed by atoms with van der Waals surface area (Å²) in [5.41, 5.74) is 6.01. The summed E-state index contributed by atoms with van der Waals surface area (Å²) in [5.74, 6) is 0.446. The lowest BCUT2D eigenvalue weighted by Gasteiger charge is -2.11. The van der Waals surface area contributed by atoms with Crippen LogP contribution in [0.25, 0.3) is 0 Å². The fourth-order valence-corrected chi connectivity index (χ4v) is 1.76. The number of nitrogens with zero attached hydrogens (tertiary/aromatic N) is 2. The van der Waals surface area contributed by atoms with Crippen LogP contribution in [0.4, 0.5) is 10.5 Å². The lowest BCUT2D eigenvalue weighted by Crippen LogP contribution is -2.16. The van der Waals surface area contributed by atoms with Crippen molar-refractivity contribution in [3.8, 4) is 0 Å². The monoisotopic (exact) mass is 395 g/mol. The van der Waals surface area contributed by atoms with E-state index in [4.69, 9.17) is 9.47 Å². The van der Waals surface area contributed by atoms with Crippen LogP contribution in [0.15, 0.2) is 28.3 Å². The van der Waals surface area contributed by atoms with Crippen LogP contribution in [0.3, 0.4) is 0 Å². The van der Waals surface area contributed by atoms with Gasteiger partial charge in [0.05, 0.1) is 11.8 Å². The number of thioether (sulfide) groups is 1. The maximum atomic E-state index is 10.8. The van der Waals surface area contributed by atoms with Gasteiger partial charge in [0.2, 0.25) is 0 Å². The van der Waals surface area contributed by atoms with Crippen LogP contribution < -0.4 is 5.43 Å². The molecule has 152 valence electrons. The summed E-state index contributed by atoms with van der Waals surface area (Å²) in [6, 6.07) is 6.21. The Hall–Kier alpha value is -2.02. The second-order valence-electron chi connectivity index (χ2n) is 6.54. The van der Waals surface area contributed by atoms with Gasteiger partial charge in [-0.1, -0.05) is 26.0 Å². The molecule has 0 saturated carbocycles. The molecule has 0 amide bonds. The molecule has 1 rings (SSSR count). The summed E-state index contributed by atoms with van der Waals surface area (Å²) in [6.07, 6.45) is 4.61. The Morgan fingerprint density at radius 2 is 1.81 bits per heavy atom. The second kappa shape index (κ2) is 14.1. The third-order valence-electron chi connectivity index (χ3n) is 3.00. The average Bonchev–Trinajstić information content (AvgIpc) is 2.57. The van der Waals surface area contributed by atoms with Crippen LogP contribution in [0.5, 0.6) is 0 Å². The molecule has 0 saturated heterocycles. The van der Waals surface area contributed by atoms with Gasteiger partial charge in [-0.15, -0.1) is 11.8 Å². The first-order valence-electron chi connectivity index (χ1n) is 8.94. The quantitative estimate of drug-likeness (QED) is 0.218. The summed E-state index contributed by atoms with van der Waals surface area (Å²) in [7, 11) is 0. The van der Waals surface area contributed by atoms with Gasteiger partial charge in [-0.25, -0.2) is 9.79 Å². The zero-order chi connectivity index (χ0) is 20.8. The van der Waals surface area contributed by atoms with E-state index < -0.39 is 6.16 Å². The topological polar surface area (TPSA) is 72.3 Å². The molecule has 27 heavy (non-hydrogen) atoms. The summed E-state index contributed by atoms with van der Waals surface area (Å²) < 4.78 is 9.56. The zero-order valence-electron chi connectivity index (χ0n) is 17.6. The molecule has 0 aliphatic heterocycles. The SMILES string of the molecule is CSC(C)OC(=O)OC(C)C.Cc1ccc(C)c(N=CN/N=C/C(C)C)c1. The van der Waals surface area contributed by atoms with Crippen molar-refractivity contribution in [2.24, 2.45) is 16.0 Å². The molecular weight excluding hydrogens is 362 g/mol. The zero-order valence-corrected chi connectivity index (χ0v) is 18.5. The van der Waals surface area contributed by atoms with E-state index in [-0.39, 0.29) is 11.5 Å². The number of carbonyl (C=O) groups excluding carboxylic acids is 1. The molecule has 1 N–H and O–H groups in total. The van der Waals surface area contributed by atoms with Crippen LogP contribution in [0.2, 0.25) is 0 Å². The Balaban J connectivity index is 0.000000541. The van der Waals surface area contributed by atoms with Gasteiger partial charge in [0, 0.05) is 6.21 Å². The number of hydrazone groups is 1. The lowest BCUT2D eigenvalue weighted by molar-refractivity contribution is 0.0312. The molecule has 0 aromatic heterocycles. The molecule has 7 heteroatoms. The highest BCUT2D eigenvalue weighted by Crippen LogP contribution is 2.18. The standard InChI is InChI=1S/C13H19N3.C7H14O3S/c1-10(2)8-15-16-9-14-13-7-11(3)5-6-12(13)4;1-5(2)9-7(8)10-6(3)11-4/h5-10H,1-4H3,(H,14,16);5-6H,1-4H3/b15-8+;. The number of nitrogens with one attached hydrogen (secondary N) is 1. The number of benzene rings is 1. The van der Waals surface area contributed by atoms with E-state index in [2.05, 4.69) is 54.5 Å². The molecule has 0 bridgehead atoms. The second-order valence-corrected chi connectivity index (χ2v) is 7.67. The van der Waals surface area contributed by atoms with Crippen LogP contribution in [0, 0.1) is 19.8 Å². The van der Waals surface area contributed by atoms with Crippen LogP contribution in [-0.4, -0.2) is 36.5 Å². The number of hydrogen-bond acceptors (Lipinski definition) is 6. The first kappa shape index (κ1) is 25.0. The number of ether oxygens (including phenoxy) is 2. The fourth-order valence-electron chi connectivity index (χ4n) is 1.59. The molecule has 0 heterocycles. The first-order valence-corrected chi connectivity index (χ1v) is 10.2. The Labute approximate surface area is 167 Å². The Morgan fingerprint density at radius 3 is 2.37 bits per heavy atom. The minimum absolute atomic E-state index is 0.114. The third kappa shape index (κ3) is 13.8. The molecule has 1 atom stereocenters. The van der Waals surface area contributed by atoms with Gasteiger partial charge in [-0.05, 0) is 64.0 Å². The van der Waals surface area contributed by atoms with Gasteiger partial charge in [0.1, 0.15) is 11.8 Å². The van der Waals surface area contributed by atoms with E-state index in [1.807, 2.05) is 19.4 Å².